The Bertz CT molecular complexity index is 1060. The summed E-state index contributed by atoms with van der Waals surface area (Å²) in [5.74, 6) is 0. The quantitative estimate of drug-likeness (QED) is 0.329. The van der Waals surface area contributed by atoms with Crippen molar-refractivity contribution in [2.24, 2.45) is 7.05 Å². The lowest BCUT2D eigenvalue weighted by Gasteiger charge is -2.23. The molecule has 4 aromatic rings. The van der Waals surface area contributed by atoms with Gasteiger partial charge in [-0.2, -0.15) is 0 Å². The SMILES string of the molecule is Cc1c(C(C)(C)C)ccc2c3ccccc3c3cc[n+](C)n3c12. The summed E-state index contributed by atoms with van der Waals surface area (Å²) in [6.45, 7) is 9.12. The van der Waals surface area contributed by atoms with Gasteiger partial charge in [-0.25, -0.2) is 0 Å². The van der Waals surface area contributed by atoms with Crippen LogP contribution in [-0.2, 0) is 12.5 Å². The Balaban J connectivity index is 2.35. The highest BCUT2D eigenvalue weighted by Gasteiger charge is 2.22. The number of hydrogen-bond donors (Lipinski definition) is 0. The van der Waals surface area contributed by atoms with Crippen LogP contribution in [0.3, 0.4) is 0 Å². The Morgan fingerprint density at radius 1 is 0.870 bits per heavy atom. The molecule has 0 unspecified atom stereocenters. The summed E-state index contributed by atoms with van der Waals surface area (Å²) < 4.78 is 4.53. The van der Waals surface area contributed by atoms with Gasteiger partial charge in [0.1, 0.15) is 11.0 Å². The first-order chi connectivity index (χ1) is 10.9. The molecule has 116 valence electrons. The van der Waals surface area contributed by atoms with Crippen molar-refractivity contribution in [2.75, 3.05) is 0 Å². The molecule has 23 heavy (non-hydrogen) atoms. The number of aryl methyl sites for hydroxylation is 2. The summed E-state index contributed by atoms with van der Waals surface area (Å²) in [5.41, 5.74) is 5.51. The van der Waals surface area contributed by atoms with Crippen LogP contribution in [0.25, 0.3) is 27.2 Å². The van der Waals surface area contributed by atoms with Crippen molar-refractivity contribution in [1.29, 1.82) is 0 Å². The Kier molecular flexibility index (Phi) is 2.84. The maximum atomic E-state index is 2.35. The van der Waals surface area contributed by atoms with Crippen molar-refractivity contribution in [3.05, 3.63) is 59.8 Å². The summed E-state index contributed by atoms with van der Waals surface area (Å²) >= 11 is 0. The lowest BCUT2D eigenvalue weighted by atomic mass is 9.83. The number of hydrogen-bond acceptors (Lipinski definition) is 0. The van der Waals surface area contributed by atoms with Gasteiger partial charge in [-0.1, -0.05) is 57.2 Å². The minimum atomic E-state index is 0.141. The van der Waals surface area contributed by atoms with Crippen LogP contribution >= 0.6 is 0 Å². The molecule has 2 aromatic carbocycles. The van der Waals surface area contributed by atoms with Gasteiger partial charge in [-0.3, -0.25) is 0 Å². The highest BCUT2D eigenvalue weighted by molar-refractivity contribution is 6.12. The van der Waals surface area contributed by atoms with Crippen LogP contribution in [0.4, 0.5) is 0 Å². The fraction of sp³-hybridized carbons (Fsp3) is 0.286. The first kappa shape index (κ1) is 14.3. The molecule has 0 aliphatic rings. The van der Waals surface area contributed by atoms with Crippen LogP contribution in [0.5, 0.6) is 0 Å². The summed E-state index contributed by atoms with van der Waals surface area (Å²) in [6.07, 6.45) is 2.14. The van der Waals surface area contributed by atoms with Gasteiger partial charge in [0.2, 0.25) is 0 Å². The molecule has 0 aliphatic heterocycles. The second kappa shape index (κ2) is 4.58. The first-order valence-corrected chi connectivity index (χ1v) is 8.21. The zero-order chi connectivity index (χ0) is 16.4. The summed E-state index contributed by atoms with van der Waals surface area (Å²) in [4.78, 5) is 0. The van der Waals surface area contributed by atoms with E-state index in [2.05, 4.69) is 92.6 Å². The molecular formula is C21H23N2+. The summed E-state index contributed by atoms with van der Waals surface area (Å²) in [6, 6.07) is 15.5. The average Bonchev–Trinajstić information content (AvgIpc) is 2.88. The van der Waals surface area contributed by atoms with Crippen LogP contribution < -0.4 is 4.68 Å². The highest BCUT2D eigenvalue weighted by Crippen LogP contribution is 2.35. The summed E-state index contributed by atoms with van der Waals surface area (Å²) in [5, 5.41) is 3.96. The second-order valence-electron chi connectivity index (χ2n) is 7.52. The fourth-order valence-corrected chi connectivity index (χ4v) is 3.91. The van der Waals surface area contributed by atoms with Crippen molar-refractivity contribution in [3.63, 3.8) is 0 Å². The number of fused-ring (bicyclic) bond motifs is 6. The first-order valence-electron chi connectivity index (χ1n) is 8.21. The monoisotopic (exact) mass is 303 g/mol. The predicted octanol–water partition coefficient (Wildman–Crippen LogP) is 4.68. The Morgan fingerprint density at radius 3 is 2.26 bits per heavy atom. The van der Waals surface area contributed by atoms with E-state index in [4.69, 9.17) is 0 Å². The van der Waals surface area contributed by atoms with Crippen LogP contribution in [-0.4, -0.2) is 4.52 Å². The van der Waals surface area contributed by atoms with E-state index in [0.717, 1.165) is 0 Å². The van der Waals surface area contributed by atoms with Crippen LogP contribution in [0.2, 0.25) is 0 Å². The molecule has 0 aliphatic carbocycles. The average molecular weight is 303 g/mol. The number of nitrogens with zero attached hydrogens (tertiary/aromatic N) is 2. The van der Waals surface area contributed by atoms with E-state index in [1.54, 1.807) is 0 Å². The van der Waals surface area contributed by atoms with E-state index in [9.17, 15) is 0 Å². The molecule has 0 amide bonds. The Hall–Kier alpha value is -2.35. The third-order valence-corrected chi connectivity index (χ3v) is 4.94. The van der Waals surface area contributed by atoms with E-state index in [1.807, 2.05) is 0 Å². The number of rotatable bonds is 0. The van der Waals surface area contributed by atoms with E-state index in [-0.39, 0.29) is 5.41 Å². The van der Waals surface area contributed by atoms with E-state index in [0.29, 0.717) is 0 Å². The van der Waals surface area contributed by atoms with Gasteiger partial charge >= 0.3 is 0 Å². The van der Waals surface area contributed by atoms with Gasteiger partial charge < -0.3 is 0 Å². The Morgan fingerprint density at radius 2 is 1.57 bits per heavy atom. The Labute approximate surface area is 137 Å². The molecule has 2 heterocycles. The minimum Gasteiger partial charge on any atom is -0.120 e. The van der Waals surface area contributed by atoms with Gasteiger partial charge in [0, 0.05) is 16.8 Å². The van der Waals surface area contributed by atoms with Gasteiger partial charge in [-0.15, -0.1) is 9.20 Å². The maximum absolute atomic E-state index is 2.35. The zero-order valence-corrected chi connectivity index (χ0v) is 14.5. The topological polar surface area (TPSA) is 8.29 Å². The minimum absolute atomic E-state index is 0.141. The molecule has 0 saturated heterocycles. The predicted molar refractivity (Wildman–Crippen MR) is 97.0 cm³/mol. The molecule has 2 nitrogen and oxygen atoms in total. The van der Waals surface area contributed by atoms with Gasteiger partial charge in [0.15, 0.2) is 13.2 Å². The van der Waals surface area contributed by atoms with Crippen molar-refractivity contribution >= 4 is 27.2 Å². The summed E-state index contributed by atoms with van der Waals surface area (Å²) in [7, 11) is 2.12. The van der Waals surface area contributed by atoms with Crippen LogP contribution in [0.15, 0.2) is 48.7 Å². The molecule has 0 atom stereocenters. The third kappa shape index (κ3) is 1.91. The fourth-order valence-electron chi connectivity index (χ4n) is 3.91. The van der Waals surface area contributed by atoms with Gasteiger partial charge in [0.05, 0.1) is 0 Å². The molecule has 0 spiro atoms. The van der Waals surface area contributed by atoms with Crippen molar-refractivity contribution in [3.8, 4) is 0 Å². The molecule has 0 fully saturated rings. The lowest BCUT2D eigenvalue weighted by Crippen LogP contribution is -2.34. The van der Waals surface area contributed by atoms with Crippen molar-refractivity contribution in [2.45, 2.75) is 33.1 Å². The number of aromatic nitrogens is 2. The van der Waals surface area contributed by atoms with Gasteiger partial charge in [0.25, 0.3) is 0 Å². The smallest absolute Gasteiger partial charge is 0.120 e. The molecule has 0 radical (unpaired) electrons. The molecule has 0 bridgehead atoms. The van der Waals surface area contributed by atoms with E-state index in [1.165, 1.54) is 38.3 Å². The third-order valence-electron chi connectivity index (χ3n) is 4.94. The number of benzene rings is 2. The standard InChI is InChI=1S/C21H23N2/c1-14-18(21(2,3)4)11-10-17-15-8-6-7-9-16(15)19-12-13-22(5)23(19)20(14)17/h6-13H,1-5H3/q+1. The zero-order valence-electron chi connectivity index (χ0n) is 14.5. The second-order valence-corrected chi connectivity index (χ2v) is 7.52. The molecule has 2 heteroatoms. The molecule has 0 N–H and O–H groups in total. The maximum Gasteiger partial charge on any atom is 0.196 e. The van der Waals surface area contributed by atoms with Gasteiger partial charge in [-0.05, 0) is 28.9 Å². The largest absolute Gasteiger partial charge is 0.196 e. The normalized spacial score (nSPS) is 12.6. The molecule has 0 saturated carbocycles. The molecule has 4 rings (SSSR count). The molecular weight excluding hydrogens is 280 g/mol. The van der Waals surface area contributed by atoms with Crippen molar-refractivity contribution < 1.29 is 4.68 Å². The molecule has 2 aromatic heterocycles. The highest BCUT2D eigenvalue weighted by atomic mass is 15.3. The lowest BCUT2D eigenvalue weighted by molar-refractivity contribution is -0.735. The van der Waals surface area contributed by atoms with Crippen LogP contribution in [0, 0.1) is 6.92 Å². The van der Waals surface area contributed by atoms with E-state index >= 15 is 0 Å². The van der Waals surface area contributed by atoms with E-state index < -0.39 is 0 Å². The van der Waals surface area contributed by atoms with Crippen molar-refractivity contribution in [1.82, 2.24) is 4.52 Å². The number of pyridine rings is 1. The van der Waals surface area contributed by atoms with Crippen LogP contribution in [0.1, 0.15) is 31.9 Å².